The van der Waals surface area contributed by atoms with E-state index in [-0.39, 0.29) is 5.97 Å². The van der Waals surface area contributed by atoms with Crippen molar-refractivity contribution in [3.05, 3.63) is 34.3 Å². The Labute approximate surface area is 105 Å². The highest BCUT2D eigenvalue weighted by molar-refractivity contribution is 9.10. The lowest BCUT2D eigenvalue weighted by atomic mass is 10.1. The maximum Gasteiger partial charge on any atom is 0.302 e. The van der Waals surface area contributed by atoms with Crippen LogP contribution < -0.4 is 0 Å². The molecule has 0 spiro atoms. The predicted octanol–water partition coefficient (Wildman–Crippen LogP) is 3.90. The molecule has 1 saturated carbocycles. The summed E-state index contributed by atoms with van der Waals surface area (Å²) in [5.41, 5.74) is 1.50. The van der Waals surface area contributed by atoms with Crippen molar-refractivity contribution in [1.82, 2.24) is 0 Å². The lowest BCUT2D eigenvalue weighted by molar-refractivity contribution is -0.140. The second-order valence-electron chi connectivity index (χ2n) is 3.75. The maximum atomic E-state index is 9.82. The number of ether oxygens (including phenoxy) is 1. The van der Waals surface area contributed by atoms with Crippen LogP contribution in [-0.4, -0.2) is 12.6 Å². The summed E-state index contributed by atoms with van der Waals surface area (Å²) in [5.74, 6) is 0.672. The van der Waals surface area contributed by atoms with Crippen molar-refractivity contribution in [3.8, 4) is 0 Å². The van der Waals surface area contributed by atoms with Gasteiger partial charge in [0, 0.05) is 11.4 Å². The third-order valence-electron chi connectivity index (χ3n) is 2.27. The van der Waals surface area contributed by atoms with Gasteiger partial charge in [0.15, 0.2) is 0 Å². The number of halogens is 1. The number of esters is 1. The zero-order chi connectivity index (χ0) is 12.0. The molecule has 1 aromatic carbocycles. The van der Waals surface area contributed by atoms with E-state index in [0.29, 0.717) is 6.61 Å². The van der Waals surface area contributed by atoms with E-state index in [1.165, 1.54) is 29.8 Å². The van der Waals surface area contributed by atoms with Gasteiger partial charge in [0.1, 0.15) is 0 Å². The minimum Gasteiger partial charge on any atom is -0.466 e. The van der Waals surface area contributed by atoms with Gasteiger partial charge in [-0.3, -0.25) is 4.79 Å². The topological polar surface area (TPSA) is 26.3 Å². The minimum absolute atomic E-state index is 0.211. The molecule has 0 N–H and O–H groups in total. The first kappa shape index (κ1) is 13.2. The predicted molar refractivity (Wildman–Crippen MR) is 68.4 cm³/mol. The fourth-order valence-corrected chi connectivity index (χ4v) is 1.62. The van der Waals surface area contributed by atoms with Gasteiger partial charge in [-0.15, -0.1) is 0 Å². The Balaban J connectivity index is 0.000000187. The summed E-state index contributed by atoms with van der Waals surface area (Å²) in [7, 11) is 0. The zero-order valence-corrected chi connectivity index (χ0v) is 11.3. The van der Waals surface area contributed by atoms with Crippen LogP contribution in [0.3, 0.4) is 0 Å². The van der Waals surface area contributed by atoms with Crippen LogP contribution in [0, 0.1) is 0 Å². The highest BCUT2D eigenvalue weighted by Crippen LogP contribution is 2.40. The monoisotopic (exact) mass is 284 g/mol. The maximum absolute atomic E-state index is 9.82. The first-order chi connectivity index (χ1) is 7.63. The smallest absolute Gasteiger partial charge is 0.302 e. The highest BCUT2D eigenvalue weighted by atomic mass is 79.9. The number of carbonyl (C=O) groups is 1. The molecule has 1 aliphatic rings. The molecule has 88 valence electrons. The Morgan fingerprint density at radius 3 is 2.25 bits per heavy atom. The van der Waals surface area contributed by atoms with Crippen LogP contribution in [0.5, 0.6) is 0 Å². The second kappa shape index (κ2) is 6.69. The third kappa shape index (κ3) is 5.31. The molecule has 16 heavy (non-hydrogen) atoms. The van der Waals surface area contributed by atoms with Gasteiger partial charge in [0.2, 0.25) is 0 Å². The van der Waals surface area contributed by atoms with Gasteiger partial charge in [-0.2, -0.15) is 0 Å². The molecule has 0 aliphatic heterocycles. The zero-order valence-electron chi connectivity index (χ0n) is 9.70. The SMILES string of the molecule is Brc1ccc(C2CC2)cc1.CCOC(C)=O. The number of hydrogen-bond donors (Lipinski definition) is 0. The van der Waals surface area contributed by atoms with E-state index in [1.54, 1.807) is 6.92 Å². The Kier molecular flexibility index (Phi) is 5.53. The summed E-state index contributed by atoms with van der Waals surface area (Å²) in [6.07, 6.45) is 2.78. The minimum atomic E-state index is -0.211. The molecule has 2 nitrogen and oxygen atoms in total. The largest absolute Gasteiger partial charge is 0.466 e. The van der Waals surface area contributed by atoms with Gasteiger partial charge >= 0.3 is 5.97 Å². The van der Waals surface area contributed by atoms with Crippen LogP contribution in [0.1, 0.15) is 38.2 Å². The average molecular weight is 285 g/mol. The number of benzene rings is 1. The van der Waals surface area contributed by atoms with Crippen LogP contribution in [0.2, 0.25) is 0 Å². The van der Waals surface area contributed by atoms with Crippen molar-refractivity contribution in [2.24, 2.45) is 0 Å². The highest BCUT2D eigenvalue weighted by Gasteiger charge is 2.22. The van der Waals surface area contributed by atoms with Crippen molar-refractivity contribution in [3.63, 3.8) is 0 Å². The average Bonchev–Trinajstić information content (AvgIpc) is 3.03. The molecule has 0 amide bonds. The number of carbonyl (C=O) groups excluding carboxylic acids is 1. The number of hydrogen-bond acceptors (Lipinski definition) is 2. The second-order valence-corrected chi connectivity index (χ2v) is 4.67. The molecule has 0 bridgehead atoms. The fourth-order valence-electron chi connectivity index (χ4n) is 1.35. The van der Waals surface area contributed by atoms with Crippen molar-refractivity contribution < 1.29 is 9.53 Å². The molecule has 0 heterocycles. The van der Waals surface area contributed by atoms with Crippen LogP contribution in [-0.2, 0) is 9.53 Å². The fraction of sp³-hybridized carbons (Fsp3) is 0.462. The van der Waals surface area contributed by atoms with Crippen LogP contribution in [0.25, 0.3) is 0 Å². The first-order valence-corrected chi connectivity index (χ1v) is 6.31. The molecular formula is C13H17BrO2. The molecule has 0 aromatic heterocycles. The van der Waals surface area contributed by atoms with Crippen molar-refractivity contribution in [2.45, 2.75) is 32.6 Å². The number of rotatable bonds is 2. The molecule has 0 saturated heterocycles. The van der Waals surface area contributed by atoms with Gasteiger partial charge in [-0.1, -0.05) is 28.1 Å². The lowest BCUT2D eigenvalue weighted by Crippen LogP contribution is -1.95. The first-order valence-electron chi connectivity index (χ1n) is 5.52. The van der Waals surface area contributed by atoms with Crippen molar-refractivity contribution in [1.29, 1.82) is 0 Å². The summed E-state index contributed by atoms with van der Waals surface area (Å²) in [6, 6.07) is 8.66. The molecule has 1 aliphatic carbocycles. The van der Waals surface area contributed by atoms with Gasteiger partial charge in [-0.05, 0) is 43.4 Å². The van der Waals surface area contributed by atoms with E-state index in [1.807, 2.05) is 0 Å². The van der Waals surface area contributed by atoms with Crippen molar-refractivity contribution in [2.75, 3.05) is 6.61 Å². The quantitative estimate of drug-likeness (QED) is 0.770. The molecular weight excluding hydrogens is 268 g/mol. The van der Waals surface area contributed by atoms with Crippen LogP contribution in [0.4, 0.5) is 0 Å². The van der Waals surface area contributed by atoms with E-state index in [0.717, 1.165) is 5.92 Å². The molecule has 1 aromatic rings. The molecule has 1 fully saturated rings. The van der Waals surface area contributed by atoms with Gasteiger partial charge in [0.05, 0.1) is 6.61 Å². The lowest BCUT2D eigenvalue weighted by Gasteiger charge is -1.95. The summed E-state index contributed by atoms with van der Waals surface area (Å²) >= 11 is 3.41. The van der Waals surface area contributed by atoms with E-state index in [9.17, 15) is 4.79 Å². The van der Waals surface area contributed by atoms with Crippen LogP contribution in [0.15, 0.2) is 28.7 Å². The van der Waals surface area contributed by atoms with E-state index < -0.39 is 0 Å². The van der Waals surface area contributed by atoms with Gasteiger partial charge in [0.25, 0.3) is 0 Å². The standard InChI is InChI=1S/C9H9Br.C4H8O2/c10-9-5-3-8(4-6-9)7-1-2-7;1-3-6-4(2)5/h3-7H,1-2H2;3H2,1-2H3. The Bertz CT molecular complexity index is 328. The van der Waals surface area contributed by atoms with Crippen molar-refractivity contribution >= 4 is 21.9 Å². The molecule has 2 rings (SSSR count). The third-order valence-corrected chi connectivity index (χ3v) is 2.80. The van der Waals surface area contributed by atoms with Crippen LogP contribution >= 0.6 is 15.9 Å². The molecule has 0 radical (unpaired) electrons. The molecule has 3 heteroatoms. The Morgan fingerprint density at radius 1 is 1.38 bits per heavy atom. The summed E-state index contributed by atoms with van der Waals surface area (Å²) in [4.78, 5) is 9.82. The van der Waals surface area contributed by atoms with Gasteiger partial charge < -0.3 is 4.74 Å². The van der Waals surface area contributed by atoms with Gasteiger partial charge in [-0.25, -0.2) is 0 Å². The summed E-state index contributed by atoms with van der Waals surface area (Å²) in [6.45, 7) is 3.65. The normalized spacial score (nSPS) is 13.7. The van der Waals surface area contributed by atoms with E-state index in [4.69, 9.17) is 0 Å². The Hall–Kier alpha value is -0.830. The van der Waals surface area contributed by atoms with E-state index in [2.05, 4.69) is 44.9 Å². The molecule has 0 unspecified atom stereocenters. The van der Waals surface area contributed by atoms with E-state index >= 15 is 0 Å². The summed E-state index contributed by atoms with van der Waals surface area (Å²) < 4.78 is 5.58. The Morgan fingerprint density at radius 2 is 1.94 bits per heavy atom. The molecule has 0 atom stereocenters. The summed E-state index contributed by atoms with van der Waals surface area (Å²) in [5, 5.41) is 0.